The Balaban J connectivity index is 2.05. The van der Waals surface area contributed by atoms with Crippen LogP contribution in [0.1, 0.15) is 31.7 Å². The van der Waals surface area contributed by atoms with Crippen LogP contribution in [0.2, 0.25) is 0 Å². The van der Waals surface area contributed by atoms with Gasteiger partial charge >= 0.3 is 12.1 Å². The maximum Gasteiger partial charge on any atom is 0.550 e. The average Bonchev–Trinajstić information content (AvgIpc) is 3.28. The Morgan fingerprint density at radius 1 is 1.25 bits per heavy atom. The van der Waals surface area contributed by atoms with Crippen LogP contribution in [0.5, 0.6) is 0 Å². The number of aromatic nitrogens is 1. The number of amides is 1. The molecule has 1 atom stereocenters. The number of hydrogen-bond acceptors (Lipinski definition) is 10. The number of rotatable bonds is 6. The normalized spacial score (nSPS) is 16.8. The fourth-order valence-corrected chi connectivity index (χ4v) is 4.11. The van der Waals surface area contributed by atoms with Gasteiger partial charge in [-0.25, -0.2) is 19.6 Å². The summed E-state index contributed by atoms with van der Waals surface area (Å²) in [5, 5.41) is 8.02. The van der Waals surface area contributed by atoms with E-state index in [1.54, 1.807) is 44.2 Å². The minimum Gasteiger partial charge on any atom is -0.429 e. The molecule has 3 heterocycles. The highest BCUT2D eigenvalue weighted by Crippen LogP contribution is 2.38. The number of pyridine rings is 1. The molecule has 0 spiro atoms. The van der Waals surface area contributed by atoms with E-state index >= 15 is 0 Å². The molecule has 0 bridgehead atoms. The molecule has 2 aromatic rings. The highest BCUT2D eigenvalue weighted by Gasteiger charge is 2.43. The second-order valence-corrected chi connectivity index (χ2v) is 8.02. The molecule has 2 aromatic heterocycles. The number of ether oxygens (including phenoxy) is 1. The van der Waals surface area contributed by atoms with E-state index in [1.165, 1.54) is 22.5 Å². The third-order valence-electron chi connectivity index (χ3n) is 4.53. The molecule has 1 unspecified atom stereocenters. The molecule has 11 heteroatoms. The zero-order valence-corrected chi connectivity index (χ0v) is 18.9. The van der Waals surface area contributed by atoms with Crippen molar-refractivity contribution in [1.82, 2.24) is 15.0 Å². The lowest BCUT2D eigenvalue weighted by atomic mass is 9.99. The van der Waals surface area contributed by atoms with E-state index in [9.17, 15) is 14.4 Å². The summed E-state index contributed by atoms with van der Waals surface area (Å²) in [7, 11) is 1.70. The minimum atomic E-state index is -1.16. The highest BCUT2D eigenvalue weighted by atomic mass is 32.1. The van der Waals surface area contributed by atoms with Crippen LogP contribution in [0, 0.1) is 0 Å². The minimum absolute atomic E-state index is 0.00202. The zero-order chi connectivity index (χ0) is 23.3. The third-order valence-corrected chi connectivity index (χ3v) is 5.45. The van der Waals surface area contributed by atoms with Gasteiger partial charge in [-0.15, -0.1) is 11.3 Å². The van der Waals surface area contributed by atoms with E-state index in [-0.39, 0.29) is 11.3 Å². The molecule has 0 aliphatic carbocycles. The molecular weight excluding hydrogens is 436 g/mol. The van der Waals surface area contributed by atoms with Crippen molar-refractivity contribution in [2.75, 3.05) is 18.9 Å². The summed E-state index contributed by atoms with van der Waals surface area (Å²) in [6.45, 7) is 5.45. The van der Waals surface area contributed by atoms with E-state index < -0.39 is 30.2 Å². The van der Waals surface area contributed by atoms with Gasteiger partial charge < -0.3 is 10.1 Å². The summed E-state index contributed by atoms with van der Waals surface area (Å²) in [5.41, 5.74) is 0.500. The molecule has 0 radical (unpaired) electrons. The molecule has 1 amide bonds. The Labute approximate surface area is 189 Å². The number of nitrogens with zero attached hydrogens (tertiary/aromatic N) is 3. The second-order valence-electron chi connectivity index (χ2n) is 7.04. The standard InChI is InChI=1S/C21H24N4O6S/c1-5-25-19(26)17(23-14-8-6-10-22-12-14)16(18(24(25)4)15-9-7-11-32-15)20(27)30-31-21(28)29-13(2)3/h6-13,18,23H,5H2,1-4H3. The first-order chi connectivity index (χ1) is 15.3. The van der Waals surface area contributed by atoms with Gasteiger partial charge in [-0.3, -0.25) is 14.8 Å². The third kappa shape index (κ3) is 5.06. The maximum atomic E-state index is 13.3. The monoisotopic (exact) mass is 460 g/mol. The van der Waals surface area contributed by atoms with E-state index in [4.69, 9.17) is 9.62 Å². The van der Waals surface area contributed by atoms with Crippen molar-refractivity contribution in [2.24, 2.45) is 0 Å². The largest absolute Gasteiger partial charge is 0.550 e. The quantitative estimate of drug-likeness (QED) is 0.394. The Hall–Kier alpha value is -3.44. The van der Waals surface area contributed by atoms with Crippen LogP contribution in [0.4, 0.5) is 10.5 Å². The van der Waals surface area contributed by atoms with Gasteiger partial charge in [0.1, 0.15) is 5.70 Å². The highest BCUT2D eigenvalue weighted by molar-refractivity contribution is 7.10. The molecule has 10 nitrogen and oxygen atoms in total. The van der Waals surface area contributed by atoms with Crippen LogP contribution in [0.15, 0.2) is 53.3 Å². The summed E-state index contributed by atoms with van der Waals surface area (Å²) >= 11 is 1.42. The molecule has 1 N–H and O–H groups in total. The number of nitrogens with one attached hydrogen (secondary N) is 1. The molecule has 1 aliphatic heterocycles. The van der Waals surface area contributed by atoms with Crippen molar-refractivity contribution in [3.8, 4) is 0 Å². The molecule has 3 rings (SSSR count). The molecule has 0 saturated heterocycles. The van der Waals surface area contributed by atoms with Gasteiger partial charge in [0, 0.05) is 24.7 Å². The average molecular weight is 461 g/mol. The molecule has 1 aliphatic rings. The van der Waals surface area contributed by atoms with Crippen LogP contribution >= 0.6 is 11.3 Å². The first kappa shape index (κ1) is 23.2. The summed E-state index contributed by atoms with van der Waals surface area (Å²) in [6.07, 6.45) is 1.50. The van der Waals surface area contributed by atoms with Gasteiger partial charge in [-0.2, -0.15) is 4.79 Å². The lowest BCUT2D eigenvalue weighted by molar-refractivity contribution is -0.242. The van der Waals surface area contributed by atoms with Crippen LogP contribution < -0.4 is 5.32 Å². The van der Waals surface area contributed by atoms with Crippen molar-refractivity contribution in [3.05, 3.63) is 58.2 Å². The predicted octanol–water partition coefficient (Wildman–Crippen LogP) is 3.28. The van der Waals surface area contributed by atoms with Gasteiger partial charge in [0.2, 0.25) is 0 Å². The zero-order valence-electron chi connectivity index (χ0n) is 18.1. The van der Waals surface area contributed by atoms with E-state index in [2.05, 4.69) is 15.2 Å². The molecule has 32 heavy (non-hydrogen) atoms. The van der Waals surface area contributed by atoms with Crippen LogP contribution in [0.3, 0.4) is 0 Å². The van der Waals surface area contributed by atoms with Gasteiger partial charge in [0.15, 0.2) is 0 Å². The summed E-state index contributed by atoms with van der Waals surface area (Å²) < 4.78 is 4.82. The van der Waals surface area contributed by atoms with E-state index in [0.29, 0.717) is 12.2 Å². The second kappa shape index (κ2) is 10.2. The van der Waals surface area contributed by atoms with E-state index in [1.807, 2.05) is 24.4 Å². The van der Waals surface area contributed by atoms with Gasteiger partial charge in [-0.1, -0.05) is 6.07 Å². The Morgan fingerprint density at radius 3 is 2.62 bits per heavy atom. The molecule has 0 fully saturated rings. The lowest BCUT2D eigenvalue weighted by Crippen LogP contribution is -2.53. The van der Waals surface area contributed by atoms with Crippen molar-refractivity contribution in [3.63, 3.8) is 0 Å². The van der Waals surface area contributed by atoms with Crippen molar-refractivity contribution in [1.29, 1.82) is 0 Å². The Bertz CT molecular complexity index is 993. The molecular formula is C21H24N4O6S. The summed E-state index contributed by atoms with van der Waals surface area (Å²) in [6, 6.07) is 6.43. The number of anilines is 1. The first-order valence-corrected chi connectivity index (χ1v) is 10.8. The first-order valence-electron chi connectivity index (χ1n) is 9.92. The van der Waals surface area contributed by atoms with Crippen molar-refractivity contribution < 1.29 is 28.9 Å². The number of carbonyl (C=O) groups is 3. The number of hydrogen-bond donors (Lipinski definition) is 1. The number of carbonyl (C=O) groups excluding carboxylic acids is 3. The number of thiophene rings is 1. The molecule has 170 valence electrons. The van der Waals surface area contributed by atoms with Crippen molar-refractivity contribution >= 4 is 35.1 Å². The summed E-state index contributed by atoms with van der Waals surface area (Å²) in [5.74, 6) is -1.44. The molecule has 0 aromatic carbocycles. The smallest absolute Gasteiger partial charge is 0.429 e. The Kier molecular flexibility index (Phi) is 7.44. The van der Waals surface area contributed by atoms with Gasteiger partial charge in [0.25, 0.3) is 5.91 Å². The fraction of sp³-hybridized carbons (Fsp3) is 0.333. The maximum absolute atomic E-state index is 13.3. The van der Waals surface area contributed by atoms with Crippen LogP contribution in [-0.2, 0) is 24.1 Å². The van der Waals surface area contributed by atoms with Gasteiger partial charge in [-0.05, 0) is 44.4 Å². The van der Waals surface area contributed by atoms with E-state index in [0.717, 1.165) is 4.88 Å². The SMILES string of the molecule is CCN1C(=O)C(Nc2cccnc2)=C(C(=O)OOC(=O)OC(C)C)C(c2cccs2)N1C. The topological polar surface area (TPSA) is 110 Å². The predicted molar refractivity (Wildman–Crippen MR) is 116 cm³/mol. The fourth-order valence-electron chi connectivity index (χ4n) is 3.23. The summed E-state index contributed by atoms with van der Waals surface area (Å²) in [4.78, 5) is 52.3. The van der Waals surface area contributed by atoms with Gasteiger partial charge in [0.05, 0.1) is 29.6 Å². The van der Waals surface area contributed by atoms with Crippen LogP contribution in [0.25, 0.3) is 0 Å². The van der Waals surface area contributed by atoms with Crippen LogP contribution in [-0.4, -0.2) is 52.7 Å². The lowest BCUT2D eigenvalue weighted by Gasteiger charge is -2.42. The Morgan fingerprint density at radius 2 is 2.03 bits per heavy atom. The van der Waals surface area contributed by atoms with Crippen molar-refractivity contribution in [2.45, 2.75) is 32.9 Å². The number of hydrazine groups is 1. The molecule has 0 saturated carbocycles. The number of likely N-dealkylation sites (N-methyl/N-ethyl adjacent to an activating group) is 2.